The molecule has 0 aliphatic carbocycles. The number of rotatable bonds is 7. The van der Waals surface area contributed by atoms with Gasteiger partial charge < -0.3 is 20.1 Å². The first kappa shape index (κ1) is 25.7. The van der Waals surface area contributed by atoms with E-state index in [2.05, 4.69) is 39.9 Å². The van der Waals surface area contributed by atoms with Crippen LogP contribution < -0.4 is 15.5 Å². The maximum Gasteiger partial charge on any atom is 0.227 e. The summed E-state index contributed by atoms with van der Waals surface area (Å²) in [5, 5.41) is 15.2. The van der Waals surface area contributed by atoms with Crippen molar-refractivity contribution in [2.45, 2.75) is 45.8 Å². The van der Waals surface area contributed by atoms with Crippen LogP contribution in [0.3, 0.4) is 0 Å². The molecule has 4 rings (SSSR count). The van der Waals surface area contributed by atoms with Gasteiger partial charge in [-0.25, -0.2) is 4.99 Å². The summed E-state index contributed by atoms with van der Waals surface area (Å²) >= 11 is 0. The second kappa shape index (κ2) is 12.0. The van der Waals surface area contributed by atoms with Crippen LogP contribution in [0.25, 0.3) is 0 Å². The molecule has 0 bridgehead atoms. The molecule has 2 aromatic carbocycles. The number of halogens is 1. The fourth-order valence-electron chi connectivity index (χ4n) is 3.82. The van der Waals surface area contributed by atoms with Crippen molar-refractivity contribution in [2.24, 2.45) is 12.0 Å². The van der Waals surface area contributed by atoms with Gasteiger partial charge in [0.05, 0.1) is 19.1 Å². The van der Waals surface area contributed by atoms with E-state index in [0.717, 1.165) is 35.9 Å². The maximum atomic E-state index is 12.0. The molecule has 1 aromatic heterocycles. The fourth-order valence-corrected chi connectivity index (χ4v) is 3.82. The monoisotopic (exact) mass is 573 g/mol. The van der Waals surface area contributed by atoms with Gasteiger partial charge in [-0.1, -0.05) is 42.5 Å². The van der Waals surface area contributed by atoms with Crippen LogP contribution in [0.2, 0.25) is 0 Å². The van der Waals surface area contributed by atoms with Gasteiger partial charge in [-0.15, -0.1) is 34.2 Å². The van der Waals surface area contributed by atoms with E-state index < -0.39 is 0 Å². The van der Waals surface area contributed by atoms with Gasteiger partial charge in [0.15, 0.2) is 11.8 Å². The molecular weight excluding hydrogens is 541 g/mol. The molecule has 1 atom stereocenters. The number of aliphatic imine (C=N–C) groups is 1. The molecule has 34 heavy (non-hydrogen) atoms. The molecule has 1 amide bonds. The Morgan fingerprint density at radius 2 is 1.85 bits per heavy atom. The summed E-state index contributed by atoms with van der Waals surface area (Å²) in [6.45, 7) is 5.87. The molecule has 1 fully saturated rings. The SMILES string of the molecule is Cc1nnc(CNC(=NCc2ccc(N3CCCC3=O)cc2)NC(C)c2ccccc2)n1C.I. The Bertz CT molecular complexity index is 1110. The third-order valence-corrected chi connectivity index (χ3v) is 5.99. The van der Waals surface area contributed by atoms with E-state index in [1.54, 1.807) is 0 Å². The van der Waals surface area contributed by atoms with Gasteiger partial charge in [-0.2, -0.15) is 0 Å². The lowest BCUT2D eigenvalue weighted by molar-refractivity contribution is -0.117. The van der Waals surface area contributed by atoms with Crippen LogP contribution in [0.5, 0.6) is 0 Å². The number of carbonyl (C=O) groups excluding carboxylic acids is 1. The van der Waals surface area contributed by atoms with Crippen LogP contribution in [0.4, 0.5) is 5.69 Å². The molecule has 1 aliphatic rings. The standard InChI is InChI=1S/C25H31N7O.HI/c1-18(21-8-5-4-6-9-21)28-25(27-17-23-30-29-19(2)31(23)3)26-16-20-11-13-22(14-12-20)32-15-7-10-24(32)33;/h4-6,8-9,11-14,18H,7,10,15-17H2,1-3H3,(H2,26,27,28);1H. The Morgan fingerprint density at radius 3 is 2.47 bits per heavy atom. The van der Waals surface area contributed by atoms with E-state index in [-0.39, 0.29) is 35.9 Å². The fraction of sp³-hybridized carbons (Fsp3) is 0.360. The topological polar surface area (TPSA) is 87.4 Å². The van der Waals surface area contributed by atoms with Crippen molar-refractivity contribution < 1.29 is 4.79 Å². The van der Waals surface area contributed by atoms with Gasteiger partial charge in [-0.05, 0) is 43.5 Å². The number of anilines is 1. The van der Waals surface area contributed by atoms with E-state index in [9.17, 15) is 4.79 Å². The van der Waals surface area contributed by atoms with E-state index in [4.69, 9.17) is 4.99 Å². The molecular formula is C25H32IN7O. The van der Waals surface area contributed by atoms with Crippen molar-refractivity contribution in [1.82, 2.24) is 25.4 Å². The Hall–Kier alpha value is -2.95. The van der Waals surface area contributed by atoms with Crippen molar-refractivity contribution >= 4 is 41.5 Å². The Morgan fingerprint density at radius 1 is 1.12 bits per heavy atom. The zero-order chi connectivity index (χ0) is 23.2. The van der Waals surface area contributed by atoms with E-state index >= 15 is 0 Å². The Labute approximate surface area is 217 Å². The van der Waals surface area contributed by atoms with Crippen molar-refractivity contribution in [1.29, 1.82) is 0 Å². The van der Waals surface area contributed by atoms with Gasteiger partial charge in [0.25, 0.3) is 0 Å². The van der Waals surface area contributed by atoms with Crippen LogP contribution >= 0.6 is 24.0 Å². The van der Waals surface area contributed by atoms with Crippen LogP contribution in [0.1, 0.15) is 48.6 Å². The van der Waals surface area contributed by atoms with E-state index in [0.29, 0.717) is 25.5 Å². The zero-order valence-corrected chi connectivity index (χ0v) is 22.2. The molecule has 2 heterocycles. The molecule has 2 N–H and O–H groups in total. The molecule has 3 aromatic rings. The van der Waals surface area contributed by atoms with Crippen LogP contribution in [-0.4, -0.2) is 33.2 Å². The van der Waals surface area contributed by atoms with Gasteiger partial charge >= 0.3 is 0 Å². The predicted octanol–water partition coefficient (Wildman–Crippen LogP) is 3.86. The van der Waals surface area contributed by atoms with Crippen LogP contribution in [-0.2, 0) is 24.9 Å². The molecule has 0 saturated carbocycles. The lowest BCUT2D eigenvalue weighted by Gasteiger charge is -2.19. The molecule has 8 nitrogen and oxygen atoms in total. The summed E-state index contributed by atoms with van der Waals surface area (Å²) in [5.74, 6) is 2.61. The molecule has 0 radical (unpaired) electrons. The first-order chi connectivity index (χ1) is 16.0. The normalized spacial score (nSPS) is 14.6. The predicted molar refractivity (Wildman–Crippen MR) is 145 cm³/mol. The molecule has 1 aliphatic heterocycles. The highest BCUT2D eigenvalue weighted by atomic mass is 127. The highest BCUT2D eigenvalue weighted by Gasteiger charge is 2.21. The highest BCUT2D eigenvalue weighted by molar-refractivity contribution is 14.0. The number of nitrogens with one attached hydrogen (secondary N) is 2. The summed E-state index contributed by atoms with van der Waals surface area (Å²) in [6, 6.07) is 18.4. The summed E-state index contributed by atoms with van der Waals surface area (Å²) < 4.78 is 1.96. The third-order valence-electron chi connectivity index (χ3n) is 5.99. The first-order valence-electron chi connectivity index (χ1n) is 11.4. The largest absolute Gasteiger partial charge is 0.350 e. The number of nitrogens with zero attached hydrogens (tertiary/aromatic N) is 5. The van der Waals surface area contributed by atoms with E-state index in [1.165, 1.54) is 5.56 Å². The van der Waals surface area contributed by atoms with Crippen LogP contribution in [0.15, 0.2) is 59.6 Å². The quantitative estimate of drug-likeness (QED) is 0.255. The minimum Gasteiger partial charge on any atom is -0.350 e. The Balaban J connectivity index is 0.00000324. The smallest absolute Gasteiger partial charge is 0.227 e. The number of aromatic nitrogens is 3. The zero-order valence-electron chi connectivity index (χ0n) is 19.9. The van der Waals surface area contributed by atoms with Crippen molar-refractivity contribution in [3.63, 3.8) is 0 Å². The minimum absolute atomic E-state index is 0. The van der Waals surface area contributed by atoms with Gasteiger partial charge in [0.2, 0.25) is 5.91 Å². The second-order valence-electron chi connectivity index (χ2n) is 8.33. The van der Waals surface area contributed by atoms with Gasteiger partial charge in [0, 0.05) is 25.7 Å². The maximum absolute atomic E-state index is 12.0. The molecule has 180 valence electrons. The number of hydrogen-bond donors (Lipinski definition) is 2. The van der Waals surface area contributed by atoms with Gasteiger partial charge in [0.1, 0.15) is 5.82 Å². The number of guanidine groups is 1. The summed E-state index contributed by atoms with van der Waals surface area (Å²) in [6.07, 6.45) is 1.56. The average Bonchev–Trinajstić information content (AvgIpc) is 3.41. The van der Waals surface area contributed by atoms with Crippen molar-refractivity contribution in [2.75, 3.05) is 11.4 Å². The molecule has 1 unspecified atom stereocenters. The number of benzene rings is 2. The number of aryl methyl sites for hydroxylation is 1. The number of carbonyl (C=O) groups is 1. The highest BCUT2D eigenvalue weighted by Crippen LogP contribution is 2.21. The van der Waals surface area contributed by atoms with Crippen LogP contribution in [0, 0.1) is 6.92 Å². The van der Waals surface area contributed by atoms with E-state index in [1.807, 2.05) is 65.9 Å². The lowest BCUT2D eigenvalue weighted by atomic mass is 10.1. The van der Waals surface area contributed by atoms with Crippen molar-refractivity contribution in [3.8, 4) is 0 Å². The number of hydrogen-bond acceptors (Lipinski definition) is 4. The Kier molecular flexibility index (Phi) is 9.03. The average molecular weight is 573 g/mol. The molecule has 1 saturated heterocycles. The molecule has 0 spiro atoms. The number of amides is 1. The lowest BCUT2D eigenvalue weighted by Crippen LogP contribution is -2.39. The summed E-state index contributed by atoms with van der Waals surface area (Å²) in [5.41, 5.74) is 3.21. The second-order valence-corrected chi connectivity index (χ2v) is 8.33. The minimum atomic E-state index is 0. The third kappa shape index (κ3) is 6.34. The first-order valence-corrected chi connectivity index (χ1v) is 11.4. The summed E-state index contributed by atoms with van der Waals surface area (Å²) in [7, 11) is 1.95. The summed E-state index contributed by atoms with van der Waals surface area (Å²) in [4.78, 5) is 18.6. The van der Waals surface area contributed by atoms with Crippen molar-refractivity contribution in [3.05, 3.63) is 77.4 Å². The molecule has 9 heteroatoms. The van der Waals surface area contributed by atoms with Gasteiger partial charge in [-0.3, -0.25) is 4.79 Å².